The van der Waals surface area contributed by atoms with Gasteiger partial charge in [-0.2, -0.15) is 17.0 Å². The van der Waals surface area contributed by atoms with Crippen LogP contribution < -0.4 is 5.32 Å². The van der Waals surface area contributed by atoms with E-state index in [1.54, 1.807) is 0 Å². The molecule has 0 aromatic rings. The van der Waals surface area contributed by atoms with Crippen LogP contribution in [0.3, 0.4) is 0 Å². The van der Waals surface area contributed by atoms with Crippen molar-refractivity contribution in [1.29, 1.82) is 5.26 Å². The monoisotopic (exact) mass is 184 g/mol. The number of thioether (sulfide) groups is 1. The van der Waals surface area contributed by atoms with E-state index in [1.807, 2.05) is 11.8 Å². The largest absolute Gasteiger partial charge is 0.312 e. The van der Waals surface area contributed by atoms with Gasteiger partial charge in [0.1, 0.15) is 0 Å². The maximum atomic E-state index is 8.80. The van der Waals surface area contributed by atoms with Crippen LogP contribution in [0, 0.1) is 17.2 Å². The molecule has 2 atom stereocenters. The lowest BCUT2D eigenvalue weighted by Crippen LogP contribution is -2.33. The van der Waals surface area contributed by atoms with Gasteiger partial charge in [0.15, 0.2) is 0 Å². The zero-order valence-electron chi connectivity index (χ0n) is 7.55. The summed E-state index contributed by atoms with van der Waals surface area (Å²) in [7, 11) is 0. The molecule has 1 fully saturated rings. The Morgan fingerprint density at radius 1 is 1.58 bits per heavy atom. The average molecular weight is 184 g/mol. The molecule has 2 unspecified atom stereocenters. The first kappa shape index (κ1) is 9.88. The van der Waals surface area contributed by atoms with E-state index in [9.17, 15) is 0 Å². The smallest absolute Gasteiger partial charge is 0.0672 e. The van der Waals surface area contributed by atoms with Gasteiger partial charge in [-0.15, -0.1) is 0 Å². The highest BCUT2D eigenvalue weighted by Gasteiger charge is 2.25. The Labute approximate surface area is 78.7 Å². The van der Waals surface area contributed by atoms with Gasteiger partial charge in [-0.05, 0) is 19.1 Å². The van der Waals surface area contributed by atoms with E-state index >= 15 is 0 Å². The Bertz CT molecular complexity index is 164. The minimum Gasteiger partial charge on any atom is -0.312 e. The van der Waals surface area contributed by atoms with E-state index in [-0.39, 0.29) is 5.92 Å². The molecule has 0 aromatic heterocycles. The van der Waals surface area contributed by atoms with Gasteiger partial charge in [-0.3, -0.25) is 0 Å². The summed E-state index contributed by atoms with van der Waals surface area (Å²) < 4.78 is 0. The molecule has 1 N–H and O–H groups in total. The van der Waals surface area contributed by atoms with Gasteiger partial charge >= 0.3 is 0 Å². The van der Waals surface area contributed by atoms with Crippen molar-refractivity contribution in [3.05, 3.63) is 0 Å². The third kappa shape index (κ3) is 2.69. The van der Waals surface area contributed by atoms with Crippen LogP contribution in [0.15, 0.2) is 0 Å². The number of nitriles is 1. The molecule has 68 valence electrons. The molecule has 12 heavy (non-hydrogen) atoms. The molecule has 2 nitrogen and oxygen atoms in total. The lowest BCUT2D eigenvalue weighted by Gasteiger charge is -2.14. The summed E-state index contributed by atoms with van der Waals surface area (Å²) in [5.41, 5.74) is 0. The molecule has 0 saturated heterocycles. The van der Waals surface area contributed by atoms with E-state index in [2.05, 4.69) is 17.6 Å². The molecule has 1 aliphatic carbocycles. The van der Waals surface area contributed by atoms with E-state index in [0.29, 0.717) is 6.04 Å². The van der Waals surface area contributed by atoms with Gasteiger partial charge in [-0.1, -0.05) is 6.42 Å². The summed E-state index contributed by atoms with van der Waals surface area (Å²) in [5.74, 6) is 1.42. The number of hydrogen-bond acceptors (Lipinski definition) is 3. The molecule has 1 saturated carbocycles. The van der Waals surface area contributed by atoms with Crippen molar-refractivity contribution in [2.75, 3.05) is 18.6 Å². The summed E-state index contributed by atoms with van der Waals surface area (Å²) in [6.45, 7) is 1.05. The van der Waals surface area contributed by atoms with Crippen molar-refractivity contribution in [3.8, 4) is 6.07 Å². The molecular weight excluding hydrogens is 168 g/mol. The predicted octanol–water partition coefficient (Wildman–Crippen LogP) is 1.63. The lowest BCUT2D eigenvalue weighted by atomic mass is 10.1. The molecule has 1 aliphatic rings. The molecule has 0 amide bonds. The molecule has 3 heteroatoms. The van der Waals surface area contributed by atoms with Crippen LogP contribution >= 0.6 is 11.8 Å². The van der Waals surface area contributed by atoms with Crippen molar-refractivity contribution in [3.63, 3.8) is 0 Å². The van der Waals surface area contributed by atoms with Crippen molar-refractivity contribution in [1.82, 2.24) is 5.32 Å². The van der Waals surface area contributed by atoms with Crippen LogP contribution in [0.2, 0.25) is 0 Å². The molecule has 0 heterocycles. The average Bonchev–Trinajstić information content (AvgIpc) is 2.52. The summed E-state index contributed by atoms with van der Waals surface area (Å²) in [4.78, 5) is 0. The molecule has 0 spiro atoms. The van der Waals surface area contributed by atoms with Crippen LogP contribution in [0.25, 0.3) is 0 Å². The van der Waals surface area contributed by atoms with E-state index in [4.69, 9.17) is 5.26 Å². The quantitative estimate of drug-likeness (QED) is 0.675. The topological polar surface area (TPSA) is 35.8 Å². The van der Waals surface area contributed by atoms with Crippen LogP contribution in [-0.2, 0) is 0 Å². The van der Waals surface area contributed by atoms with Gasteiger partial charge in [-0.25, -0.2) is 0 Å². The predicted molar refractivity (Wildman–Crippen MR) is 53.1 cm³/mol. The Hall–Kier alpha value is -0.200. The van der Waals surface area contributed by atoms with E-state index < -0.39 is 0 Å². The van der Waals surface area contributed by atoms with Crippen molar-refractivity contribution in [2.24, 2.45) is 5.92 Å². The minimum absolute atomic E-state index is 0.270. The van der Waals surface area contributed by atoms with Crippen LogP contribution in [-0.4, -0.2) is 24.6 Å². The second kappa shape index (κ2) is 5.45. The van der Waals surface area contributed by atoms with Crippen molar-refractivity contribution < 1.29 is 0 Å². The first-order chi connectivity index (χ1) is 5.88. The van der Waals surface area contributed by atoms with Crippen LogP contribution in [0.5, 0.6) is 0 Å². The molecule has 0 bridgehead atoms. The van der Waals surface area contributed by atoms with E-state index in [1.165, 1.54) is 12.8 Å². The van der Waals surface area contributed by atoms with Crippen molar-refractivity contribution in [2.45, 2.75) is 25.3 Å². The zero-order chi connectivity index (χ0) is 8.81. The maximum absolute atomic E-state index is 8.80. The molecule has 0 aliphatic heterocycles. The summed E-state index contributed by atoms with van der Waals surface area (Å²) in [5, 5.41) is 12.2. The standard InChI is InChI=1S/C9H16N2S/c1-12-6-5-11-9-4-2-3-8(9)7-10/h8-9,11H,2-6H2,1H3. The highest BCUT2D eigenvalue weighted by molar-refractivity contribution is 7.98. The van der Waals surface area contributed by atoms with Crippen LogP contribution in [0.1, 0.15) is 19.3 Å². The Morgan fingerprint density at radius 3 is 3.08 bits per heavy atom. The fourth-order valence-electron chi connectivity index (χ4n) is 1.71. The molecular formula is C9H16N2S. The SMILES string of the molecule is CSCCNC1CCCC1C#N. The summed E-state index contributed by atoms with van der Waals surface area (Å²) in [6.07, 6.45) is 5.60. The Morgan fingerprint density at radius 2 is 2.42 bits per heavy atom. The lowest BCUT2D eigenvalue weighted by molar-refractivity contribution is 0.480. The highest BCUT2D eigenvalue weighted by atomic mass is 32.2. The van der Waals surface area contributed by atoms with Crippen LogP contribution in [0.4, 0.5) is 0 Å². The zero-order valence-corrected chi connectivity index (χ0v) is 8.36. The van der Waals surface area contributed by atoms with Gasteiger partial charge in [0.2, 0.25) is 0 Å². The Kier molecular flexibility index (Phi) is 4.49. The fraction of sp³-hybridized carbons (Fsp3) is 0.889. The normalized spacial score (nSPS) is 28.7. The summed E-state index contributed by atoms with van der Waals surface area (Å²) in [6, 6.07) is 2.85. The molecule has 0 aromatic carbocycles. The van der Waals surface area contributed by atoms with Gasteiger partial charge in [0.05, 0.1) is 12.0 Å². The number of rotatable bonds is 4. The van der Waals surface area contributed by atoms with Crippen molar-refractivity contribution >= 4 is 11.8 Å². The summed E-state index contributed by atoms with van der Waals surface area (Å²) >= 11 is 1.85. The number of nitrogens with one attached hydrogen (secondary N) is 1. The first-order valence-electron chi connectivity index (χ1n) is 4.50. The van der Waals surface area contributed by atoms with E-state index in [0.717, 1.165) is 18.7 Å². The van der Waals surface area contributed by atoms with Gasteiger partial charge in [0, 0.05) is 18.3 Å². The second-order valence-electron chi connectivity index (χ2n) is 3.22. The third-order valence-electron chi connectivity index (χ3n) is 2.39. The molecule has 0 radical (unpaired) electrons. The third-order valence-corrected chi connectivity index (χ3v) is 3.01. The number of hydrogen-bond donors (Lipinski definition) is 1. The van der Waals surface area contributed by atoms with Gasteiger partial charge < -0.3 is 5.32 Å². The van der Waals surface area contributed by atoms with Gasteiger partial charge in [0.25, 0.3) is 0 Å². The second-order valence-corrected chi connectivity index (χ2v) is 4.21. The highest BCUT2D eigenvalue weighted by Crippen LogP contribution is 2.24. The fourth-order valence-corrected chi connectivity index (χ4v) is 2.03. The minimum atomic E-state index is 0.270. The molecule has 1 rings (SSSR count). The maximum Gasteiger partial charge on any atom is 0.0672 e. The first-order valence-corrected chi connectivity index (χ1v) is 5.90. The number of nitrogens with zero attached hydrogens (tertiary/aromatic N) is 1. The Balaban J connectivity index is 2.18.